The molecule has 2 atom stereocenters. The first-order chi connectivity index (χ1) is 13.0. The number of nitrogens with zero attached hydrogens (tertiary/aromatic N) is 3. The first kappa shape index (κ1) is 17.4. The average molecular weight is 372 g/mol. The van der Waals surface area contributed by atoms with Crippen molar-refractivity contribution >= 4 is 29.1 Å². The molecule has 0 aromatic carbocycles. The van der Waals surface area contributed by atoms with Crippen LogP contribution in [0.4, 0.5) is 15.9 Å². The highest BCUT2D eigenvalue weighted by atomic mass is 19.1. The fourth-order valence-electron chi connectivity index (χ4n) is 3.87. The number of nitrogens with two attached hydrogens (primary N) is 1. The number of ether oxygens (including phenoxy) is 1. The molecule has 3 aliphatic rings. The van der Waals surface area contributed by atoms with Crippen LogP contribution in [0.25, 0.3) is 0 Å². The summed E-state index contributed by atoms with van der Waals surface area (Å²) in [7, 11) is 0. The number of carbonyl (C=O) groups excluding carboxylic acids is 1. The van der Waals surface area contributed by atoms with Gasteiger partial charge in [0.05, 0.1) is 42.6 Å². The van der Waals surface area contributed by atoms with E-state index in [1.165, 1.54) is 12.4 Å². The summed E-state index contributed by atoms with van der Waals surface area (Å²) in [6.45, 7) is 0.810. The minimum absolute atomic E-state index is 0.122. The Morgan fingerprint density at radius 1 is 1.44 bits per heavy atom. The molecule has 0 aliphatic carbocycles. The summed E-state index contributed by atoms with van der Waals surface area (Å²) in [5, 5.41) is 11.4. The van der Waals surface area contributed by atoms with Gasteiger partial charge < -0.3 is 20.7 Å². The molecule has 1 unspecified atom stereocenters. The Bertz CT molecular complexity index is 852. The normalized spacial score (nSPS) is 25.6. The van der Waals surface area contributed by atoms with Crippen molar-refractivity contribution in [2.75, 3.05) is 24.2 Å². The second-order valence-corrected chi connectivity index (χ2v) is 6.91. The number of amides is 1. The zero-order valence-electron chi connectivity index (χ0n) is 14.7. The fraction of sp³-hybridized carbons (Fsp3) is 0.444. The maximum Gasteiger partial charge on any atom is 0.227 e. The third-order valence-corrected chi connectivity index (χ3v) is 5.15. The number of aliphatic imine (C=N–C) groups is 1. The number of rotatable bonds is 0. The van der Waals surface area contributed by atoms with Crippen LogP contribution in [0.3, 0.4) is 0 Å². The van der Waals surface area contributed by atoms with Crippen molar-refractivity contribution in [3.8, 4) is 0 Å². The highest BCUT2D eigenvalue weighted by Crippen LogP contribution is 2.34. The summed E-state index contributed by atoms with van der Waals surface area (Å²) in [5.74, 6) is -0.0000258. The molecule has 1 saturated heterocycles. The molecule has 3 aliphatic heterocycles. The number of halogens is 1. The topological polar surface area (TPSA) is 117 Å². The summed E-state index contributed by atoms with van der Waals surface area (Å²) >= 11 is 0. The molecule has 4 heterocycles. The van der Waals surface area contributed by atoms with E-state index in [-0.39, 0.29) is 54.8 Å². The van der Waals surface area contributed by atoms with Gasteiger partial charge in [-0.25, -0.2) is 14.4 Å². The number of amidine groups is 1. The van der Waals surface area contributed by atoms with E-state index in [0.29, 0.717) is 23.7 Å². The van der Waals surface area contributed by atoms with E-state index in [4.69, 9.17) is 15.9 Å². The summed E-state index contributed by atoms with van der Waals surface area (Å²) < 4.78 is 19.7. The van der Waals surface area contributed by atoms with Crippen LogP contribution in [0, 0.1) is 11.3 Å². The Balaban J connectivity index is 1.75. The largest absolute Gasteiger partial charge is 0.480 e. The van der Waals surface area contributed by atoms with E-state index in [9.17, 15) is 9.18 Å². The Labute approximate surface area is 155 Å². The van der Waals surface area contributed by atoms with E-state index >= 15 is 0 Å². The highest BCUT2D eigenvalue weighted by molar-refractivity contribution is 6.02. The second kappa shape index (κ2) is 6.98. The molecule has 142 valence electrons. The number of fused-ring (bicyclic) bond motifs is 5. The molecule has 0 saturated carbocycles. The molecular weight excluding hydrogens is 351 g/mol. The molecule has 4 N–H and O–H groups in total. The van der Waals surface area contributed by atoms with Gasteiger partial charge in [0, 0.05) is 19.0 Å². The Kier molecular flexibility index (Phi) is 4.51. The minimum Gasteiger partial charge on any atom is -0.480 e. The van der Waals surface area contributed by atoms with Gasteiger partial charge >= 0.3 is 0 Å². The summed E-state index contributed by atoms with van der Waals surface area (Å²) in [6.07, 6.45) is 4.62. The van der Waals surface area contributed by atoms with Crippen molar-refractivity contribution in [3.05, 3.63) is 29.9 Å². The first-order valence-electron chi connectivity index (χ1n) is 8.99. The second-order valence-electron chi connectivity index (χ2n) is 6.91. The van der Waals surface area contributed by atoms with E-state index in [1.807, 2.05) is 4.90 Å². The van der Waals surface area contributed by atoms with Crippen molar-refractivity contribution < 1.29 is 13.9 Å². The minimum atomic E-state index is -0.309. The lowest BCUT2D eigenvalue weighted by Gasteiger charge is -2.34. The molecule has 1 amide bonds. The predicted molar refractivity (Wildman–Crippen MR) is 99.1 cm³/mol. The summed E-state index contributed by atoms with van der Waals surface area (Å²) in [6, 6.07) is 1.54. The molecule has 1 fully saturated rings. The predicted octanol–water partition coefficient (Wildman–Crippen LogP) is 2.04. The maximum atomic E-state index is 14.0. The molecular formula is C18H21FN6O2. The van der Waals surface area contributed by atoms with Gasteiger partial charge in [0.15, 0.2) is 5.90 Å². The van der Waals surface area contributed by atoms with Crippen molar-refractivity contribution in [2.24, 2.45) is 10.9 Å². The van der Waals surface area contributed by atoms with Gasteiger partial charge in [0.2, 0.25) is 5.91 Å². The van der Waals surface area contributed by atoms with Crippen molar-refractivity contribution in [1.82, 2.24) is 9.88 Å². The van der Waals surface area contributed by atoms with Gasteiger partial charge in [0.25, 0.3) is 0 Å². The number of nitrogens with one attached hydrogen (secondary N) is 2. The number of pyridine rings is 1. The average Bonchev–Trinajstić information content (AvgIpc) is 3.13. The van der Waals surface area contributed by atoms with Crippen LogP contribution in [0.5, 0.6) is 0 Å². The summed E-state index contributed by atoms with van der Waals surface area (Å²) in [4.78, 5) is 22.3. The third-order valence-electron chi connectivity index (χ3n) is 5.15. The third kappa shape index (κ3) is 3.36. The Morgan fingerprint density at radius 3 is 3.15 bits per heavy atom. The van der Waals surface area contributed by atoms with Crippen molar-refractivity contribution in [1.29, 1.82) is 5.41 Å². The molecule has 1 aromatic heterocycles. The number of hydrogen-bond acceptors (Lipinski definition) is 6. The molecule has 2 bridgehead atoms. The van der Waals surface area contributed by atoms with Gasteiger partial charge in [-0.2, -0.15) is 0 Å². The number of nitrogen functional groups attached to an aromatic ring is 1. The van der Waals surface area contributed by atoms with Gasteiger partial charge in [-0.1, -0.05) is 0 Å². The van der Waals surface area contributed by atoms with Crippen LogP contribution in [0.2, 0.25) is 0 Å². The van der Waals surface area contributed by atoms with Crippen LogP contribution in [-0.2, 0) is 9.53 Å². The maximum absolute atomic E-state index is 14.0. The van der Waals surface area contributed by atoms with Gasteiger partial charge in [0.1, 0.15) is 17.5 Å². The van der Waals surface area contributed by atoms with Crippen molar-refractivity contribution in [3.63, 3.8) is 0 Å². The van der Waals surface area contributed by atoms with Crippen LogP contribution in [0.15, 0.2) is 29.3 Å². The molecule has 27 heavy (non-hydrogen) atoms. The van der Waals surface area contributed by atoms with E-state index in [2.05, 4.69) is 15.3 Å². The number of anilines is 2. The molecule has 1 aromatic rings. The zero-order valence-corrected chi connectivity index (χ0v) is 14.7. The van der Waals surface area contributed by atoms with Crippen molar-refractivity contribution in [2.45, 2.75) is 31.7 Å². The smallest absolute Gasteiger partial charge is 0.227 e. The quantitative estimate of drug-likeness (QED) is 0.644. The number of carbonyl (C=O) groups is 1. The van der Waals surface area contributed by atoms with Crippen LogP contribution >= 0.6 is 0 Å². The fourth-order valence-corrected chi connectivity index (χ4v) is 3.87. The Morgan fingerprint density at radius 2 is 2.30 bits per heavy atom. The highest BCUT2D eigenvalue weighted by Gasteiger charge is 2.39. The van der Waals surface area contributed by atoms with Crippen LogP contribution < -0.4 is 11.1 Å². The van der Waals surface area contributed by atoms with Crippen LogP contribution in [0.1, 0.15) is 31.2 Å². The molecule has 8 nitrogen and oxygen atoms in total. The lowest BCUT2D eigenvalue weighted by molar-refractivity contribution is -0.116. The van der Waals surface area contributed by atoms with Gasteiger partial charge in [-0.15, -0.1) is 0 Å². The van der Waals surface area contributed by atoms with E-state index in [0.717, 1.165) is 12.8 Å². The Hall–Kier alpha value is -2.97. The lowest BCUT2D eigenvalue weighted by Crippen LogP contribution is -2.44. The number of allylic oxidation sites excluding steroid dienone is 1. The SMILES string of the molecule is N=C1c2cc(cnc2N)NC(=O)CCOC2=NC=C(F)CC2[C@H]2CCCN12. The number of aromatic nitrogens is 1. The lowest BCUT2D eigenvalue weighted by atomic mass is 9.91. The number of hydrogen-bond donors (Lipinski definition) is 3. The molecule has 0 spiro atoms. The molecule has 9 heteroatoms. The van der Waals surface area contributed by atoms with E-state index in [1.54, 1.807) is 6.07 Å². The van der Waals surface area contributed by atoms with Crippen LogP contribution in [-0.4, -0.2) is 46.7 Å². The zero-order chi connectivity index (χ0) is 19.0. The van der Waals surface area contributed by atoms with Gasteiger partial charge in [-0.3, -0.25) is 10.2 Å². The molecule has 4 rings (SSSR count). The summed E-state index contributed by atoms with van der Waals surface area (Å²) in [5.41, 5.74) is 6.93. The molecule has 0 radical (unpaired) electrons. The monoisotopic (exact) mass is 372 g/mol. The first-order valence-corrected chi connectivity index (χ1v) is 8.99. The van der Waals surface area contributed by atoms with Gasteiger partial charge in [-0.05, 0) is 18.9 Å². The van der Waals surface area contributed by atoms with E-state index < -0.39 is 0 Å². The standard InChI is InChI=1S/C18H21FN6O2/c19-10-6-12-14-2-1-4-25(14)17(21)13-7-11(9-22-16(13)20)24-15(26)3-5-27-18(12)23-8-10/h7-9,12,14,21H,1-6H2,(H2,20,22)(H,24,26)/t12?,14-/m1/s1.